The monoisotopic (exact) mass is 235 g/mol. The first-order valence-corrected chi connectivity index (χ1v) is 5.24. The average Bonchev–Trinajstić information content (AvgIpc) is 2.45. The molecule has 2 rings (SSSR count). The summed E-state index contributed by atoms with van der Waals surface area (Å²) < 4.78 is 0. The van der Waals surface area contributed by atoms with Crippen LogP contribution in [0.4, 0.5) is 5.82 Å². The van der Waals surface area contributed by atoms with Gasteiger partial charge in [-0.2, -0.15) is 5.26 Å². The molecule has 0 aliphatic heterocycles. The van der Waals surface area contributed by atoms with Gasteiger partial charge in [-0.05, 0) is 18.1 Å². The van der Waals surface area contributed by atoms with Crippen molar-refractivity contribution in [2.75, 3.05) is 11.9 Å². The Labute approximate surface area is 105 Å². The summed E-state index contributed by atoms with van der Waals surface area (Å²) in [7, 11) is 0. The predicted molar refractivity (Wildman–Crippen MR) is 66.4 cm³/mol. The molecule has 0 aliphatic carbocycles. The fourth-order valence-electron chi connectivity index (χ4n) is 1.18. The molecule has 0 bridgehead atoms. The highest BCUT2D eigenvalue weighted by Crippen LogP contribution is 1.98. The second-order valence-electron chi connectivity index (χ2n) is 3.27. The first kappa shape index (κ1) is 11.6. The van der Waals surface area contributed by atoms with E-state index in [4.69, 9.17) is 5.26 Å². The van der Waals surface area contributed by atoms with Crippen molar-refractivity contribution in [1.29, 1.82) is 5.26 Å². The molecule has 0 radical (unpaired) electrons. The molecule has 5 nitrogen and oxygen atoms in total. The number of rotatable bonds is 2. The fraction of sp³-hybridized carbons (Fsp3) is 0.0769. The quantitative estimate of drug-likeness (QED) is 0.792. The fourth-order valence-corrected chi connectivity index (χ4v) is 1.18. The molecule has 0 aromatic carbocycles. The molecule has 0 saturated heterocycles. The summed E-state index contributed by atoms with van der Waals surface area (Å²) >= 11 is 0. The van der Waals surface area contributed by atoms with Crippen LogP contribution in [0.3, 0.4) is 0 Å². The van der Waals surface area contributed by atoms with Gasteiger partial charge in [0.1, 0.15) is 17.6 Å². The number of nitrogens with zero attached hydrogens (tertiary/aromatic N) is 4. The maximum Gasteiger partial charge on any atom is 0.158 e. The number of nitrogens with one attached hydrogen (secondary N) is 1. The van der Waals surface area contributed by atoms with E-state index in [-0.39, 0.29) is 0 Å². The van der Waals surface area contributed by atoms with Gasteiger partial charge in [0, 0.05) is 6.20 Å². The van der Waals surface area contributed by atoms with Crippen LogP contribution in [0.25, 0.3) is 0 Å². The van der Waals surface area contributed by atoms with Gasteiger partial charge < -0.3 is 5.32 Å². The summed E-state index contributed by atoms with van der Waals surface area (Å²) in [6, 6.07) is 7.48. The molecular formula is C13H9N5. The van der Waals surface area contributed by atoms with Crippen LogP contribution in [0.1, 0.15) is 11.4 Å². The maximum absolute atomic E-state index is 8.57. The number of aromatic nitrogens is 3. The van der Waals surface area contributed by atoms with Gasteiger partial charge in [-0.3, -0.25) is 0 Å². The van der Waals surface area contributed by atoms with E-state index in [9.17, 15) is 0 Å². The minimum Gasteiger partial charge on any atom is -0.358 e. The van der Waals surface area contributed by atoms with E-state index in [1.165, 1.54) is 12.4 Å². The third-order valence-electron chi connectivity index (χ3n) is 2.01. The van der Waals surface area contributed by atoms with Gasteiger partial charge in [0.25, 0.3) is 0 Å². The van der Waals surface area contributed by atoms with Crippen LogP contribution in [-0.4, -0.2) is 21.5 Å². The molecule has 0 aliphatic rings. The Morgan fingerprint density at radius 3 is 2.72 bits per heavy atom. The number of hydrogen-bond acceptors (Lipinski definition) is 5. The van der Waals surface area contributed by atoms with Crippen molar-refractivity contribution in [1.82, 2.24) is 15.0 Å². The molecule has 2 aromatic rings. The molecular weight excluding hydrogens is 226 g/mol. The Balaban J connectivity index is 1.89. The van der Waals surface area contributed by atoms with Gasteiger partial charge in [0.15, 0.2) is 5.69 Å². The van der Waals surface area contributed by atoms with Crippen LogP contribution in [0.2, 0.25) is 0 Å². The molecule has 2 heterocycles. The Kier molecular flexibility index (Phi) is 3.84. The van der Waals surface area contributed by atoms with Crippen molar-refractivity contribution in [2.24, 2.45) is 0 Å². The largest absolute Gasteiger partial charge is 0.358 e. The summed E-state index contributed by atoms with van der Waals surface area (Å²) in [5, 5.41) is 11.5. The van der Waals surface area contributed by atoms with Crippen LogP contribution in [-0.2, 0) is 0 Å². The molecule has 18 heavy (non-hydrogen) atoms. The lowest BCUT2D eigenvalue weighted by atomic mass is 10.3. The summed E-state index contributed by atoms with van der Waals surface area (Å²) in [4.78, 5) is 12.0. The van der Waals surface area contributed by atoms with Gasteiger partial charge in [0.2, 0.25) is 0 Å². The molecule has 2 aromatic heterocycles. The Morgan fingerprint density at radius 1 is 1.11 bits per heavy atom. The van der Waals surface area contributed by atoms with E-state index in [0.717, 1.165) is 5.69 Å². The zero-order chi connectivity index (χ0) is 12.6. The zero-order valence-electron chi connectivity index (χ0n) is 9.46. The lowest BCUT2D eigenvalue weighted by molar-refractivity contribution is 1.14. The van der Waals surface area contributed by atoms with E-state index in [1.807, 2.05) is 24.3 Å². The van der Waals surface area contributed by atoms with E-state index in [1.54, 1.807) is 6.20 Å². The summed E-state index contributed by atoms with van der Waals surface area (Å²) in [6.45, 7) is 0.442. The molecule has 5 heteroatoms. The highest BCUT2D eigenvalue weighted by molar-refractivity contribution is 5.36. The van der Waals surface area contributed by atoms with Crippen molar-refractivity contribution >= 4 is 5.82 Å². The van der Waals surface area contributed by atoms with Crippen LogP contribution in [0, 0.1) is 23.2 Å². The molecule has 0 atom stereocenters. The second kappa shape index (κ2) is 5.97. The third-order valence-corrected chi connectivity index (χ3v) is 2.01. The normalized spacial score (nSPS) is 8.83. The lowest BCUT2D eigenvalue weighted by Gasteiger charge is -1.98. The van der Waals surface area contributed by atoms with Crippen molar-refractivity contribution in [3.8, 4) is 17.9 Å². The Hall–Kier alpha value is -2.92. The average molecular weight is 235 g/mol. The van der Waals surface area contributed by atoms with Crippen LogP contribution in [0.5, 0.6) is 0 Å². The minimum atomic E-state index is 0.292. The highest BCUT2D eigenvalue weighted by atomic mass is 15.0. The molecule has 0 spiro atoms. The van der Waals surface area contributed by atoms with Crippen molar-refractivity contribution < 1.29 is 0 Å². The molecule has 0 unspecified atom stereocenters. The number of anilines is 1. The topological polar surface area (TPSA) is 74.5 Å². The smallest absolute Gasteiger partial charge is 0.158 e. The van der Waals surface area contributed by atoms with Crippen LogP contribution < -0.4 is 5.32 Å². The zero-order valence-corrected chi connectivity index (χ0v) is 9.46. The summed E-state index contributed by atoms with van der Waals surface area (Å²) in [6.07, 6.45) is 4.61. The standard InChI is InChI=1S/C13H9N5/c14-8-12-9-18-13(10-17-12)16-7-3-5-11-4-1-2-6-15-11/h1-2,4,6,9-10H,7H2,(H,16,18). The molecule has 86 valence electrons. The minimum absolute atomic E-state index is 0.292. The van der Waals surface area contributed by atoms with Gasteiger partial charge in [-0.1, -0.05) is 12.0 Å². The van der Waals surface area contributed by atoms with Gasteiger partial charge in [0.05, 0.1) is 18.9 Å². The molecule has 0 saturated carbocycles. The second-order valence-corrected chi connectivity index (χ2v) is 3.27. The first-order chi connectivity index (χ1) is 8.88. The number of nitriles is 1. The predicted octanol–water partition coefficient (Wildman–Crippen LogP) is 1.21. The SMILES string of the molecule is N#Cc1cnc(NCC#Cc2ccccn2)cn1. The first-order valence-electron chi connectivity index (χ1n) is 5.24. The molecule has 1 N–H and O–H groups in total. The van der Waals surface area contributed by atoms with Gasteiger partial charge in [-0.25, -0.2) is 15.0 Å². The highest BCUT2D eigenvalue weighted by Gasteiger charge is 1.93. The van der Waals surface area contributed by atoms with Crippen molar-refractivity contribution in [3.05, 3.63) is 48.2 Å². The van der Waals surface area contributed by atoms with Crippen LogP contribution in [0.15, 0.2) is 36.8 Å². The molecule has 0 amide bonds. The lowest BCUT2D eigenvalue weighted by Crippen LogP contribution is -2.01. The van der Waals surface area contributed by atoms with Crippen LogP contribution >= 0.6 is 0 Å². The maximum atomic E-state index is 8.57. The van der Waals surface area contributed by atoms with Crippen molar-refractivity contribution in [3.63, 3.8) is 0 Å². The Bertz CT molecular complexity index is 602. The van der Waals surface area contributed by atoms with E-state index in [2.05, 4.69) is 32.1 Å². The number of pyridine rings is 1. The van der Waals surface area contributed by atoms with E-state index < -0.39 is 0 Å². The van der Waals surface area contributed by atoms with Crippen molar-refractivity contribution in [2.45, 2.75) is 0 Å². The third kappa shape index (κ3) is 3.29. The van der Waals surface area contributed by atoms with Gasteiger partial charge in [-0.15, -0.1) is 0 Å². The summed E-state index contributed by atoms with van der Waals surface area (Å²) in [5.41, 5.74) is 1.02. The van der Waals surface area contributed by atoms with E-state index >= 15 is 0 Å². The Morgan fingerprint density at radius 2 is 2.06 bits per heavy atom. The summed E-state index contributed by atoms with van der Waals surface area (Å²) in [5.74, 6) is 6.42. The van der Waals surface area contributed by atoms with Gasteiger partial charge >= 0.3 is 0 Å². The van der Waals surface area contributed by atoms with E-state index in [0.29, 0.717) is 18.1 Å². The number of hydrogen-bond donors (Lipinski definition) is 1. The molecule has 0 fully saturated rings.